The summed E-state index contributed by atoms with van der Waals surface area (Å²) < 4.78 is 0. The Labute approximate surface area is 210 Å². The van der Waals surface area contributed by atoms with E-state index in [1.54, 1.807) is 0 Å². The fourth-order valence-corrected chi connectivity index (χ4v) is 5.48. The standard InChI is InChI=1S/C33H21N3/c34-22-24-14-18-26(19-15-24)33(27-20-16-25(23-35)17-21-27)29-10-4-6-12-31(29)36(28-8-2-1-3-9-28)32-13-7-5-11-30(32)33/h1-21H. The van der Waals surface area contributed by atoms with Crippen molar-refractivity contribution in [3.8, 4) is 12.1 Å². The quantitative estimate of drug-likeness (QED) is 0.274. The van der Waals surface area contributed by atoms with Gasteiger partial charge in [-0.3, -0.25) is 0 Å². The first-order chi connectivity index (χ1) is 17.8. The Morgan fingerprint density at radius 2 is 0.889 bits per heavy atom. The summed E-state index contributed by atoms with van der Waals surface area (Å²) in [5.74, 6) is 0. The van der Waals surface area contributed by atoms with Gasteiger partial charge in [0.05, 0.1) is 40.1 Å². The number of nitriles is 2. The van der Waals surface area contributed by atoms with Crippen LogP contribution in [-0.2, 0) is 5.41 Å². The van der Waals surface area contributed by atoms with E-state index in [4.69, 9.17) is 0 Å². The molecule has 1 aliphatic heterocycles. The molecule has 1 heterocycles. The number of benzene rings is 5. The average molecular weight is 460 g/mol. The Balaban J connectivity index is 1.75. The van der Waals surface area contributed by atoms with Crippen molar-refractivity contribution in [1.29, 1.82) is 10.5 Å². The fourth-order valence-electron chi connectivity index (χ4n) is 5.48. The van der Waals surface area contributed by atoms with Crippen LogP contribution < -0.4 is 4.90 Å². The Hall–Kier alpha value is -5.12. The molecule has 0 N–H and O–H groups in total. The number of nitrogens with zero attached hydrogens (tertiary/aromatic N) is 3. The summed E-state index contributed by atoms with van der Waals surface area (Å²) in [6, 6.07) is 47.7. The van der Waals surface area contributed by atoms with Crippen LogP contribution in [0.3, 0.4) is 0 Å². The minimum atomic E-state index is -0.638. The van der Waals surface area contributed by atoms with Crippen LogP contribution in [0.5, 0.6) is 0 Å². The van der Waals surface area contributed by atoms with Crippen LogP contribution in [-0.4, -0.2) is 0 Å². The summed E-state index contributed by atoms with van der Waals surface area (Å²) in [5.41, 5.74) is 8.30. The molecular formula is C33H21N3. The lowest BCUT2D eigenvalue weighted by Crippen LogP contribution is -2.37. The molecule has 5 aromatic carbocycles. The van der Waals surface area contributed by atoms with E-state index in [9.17, 15) is 10.5 Å². The van der Waals surface area contributed by atoms with Crippen molar-refractivity contribution in [3.05, 3.63) is 161 Å². The molecule has 5 aromatic rings. The summed E-state index contributed by atoms with van der Waals surface area (Å²) >= 11 is 0. The predicted octanol–water partition coefficient (Wildman–Crippen LogP) is 7.60. The zero-order chi connectivity index (χ0) is 24.5. The molecule has 168 valence electrons. The van der Waals surface area contributed by atoms with Crippen molar-refractivity contribution in [1.82, 2.24) is 0 Å². The fraction of sp³-hybridized carbons (Fsp3) is 0.0303. The van der Waals surface area contributed by atoms with Crippen LogP contribution in [0.15, 0.2) is 127 Å². The number of rotatable bonds is 3. The topological polar surface area (TPSA) is 50.8 Å². The first-order valence-corrected chi connectivity index (χ1v) is 11.8. The van der Waals surface area contributed by atoms with E-state index >= 15 is 0 Å². The molecular weight excluding hydrogens is 438 g/mol. The summed E-state index contributed by atoms with van der Waals surface area (Å²) in [6.45, 7) is 0. The Morgan fingerprint density at radius 3 is 1.33 bits per heavy atom. The molecule has 0 atom stereocenters. The highest BCUT2D eigenvalue weighted by Crippen LogP contribution is 2.57. The molecule has 1 aliphatic rings. The maximum Gasteiger partial charge on any atom is 0.0991 e. The minimum Gasteiger partial charge on any atom is -0.310 e. The molecule has 3 nitrogen and oxygen atoms in total. The van der Waals surface area contributed by atoms with Crippen LogP contribution in [0.4, 0.5) is 17.1 Å². The third-order valence-corrected chi connectivity index (χ3v) is 7.01. The van der Waals surface area contributed by atoms with Gasteiger partial charge in [-0.15, -0.1) is 0 Å². The van der Waals surface area contributed by atoms with Gasteiger partial charge in [0, 0.05) is 5.69 Å². The second kappa shape index (κ2) is 8.58. The lowest BCUT2D eigenvalue weighted by Gasteiger charge is -2.46. The highest BCUT2D eigenvalue weighted by molar-refractivity contribution is 5.89. The van der Waals surface area contributed by atoms with Gasteiger partial charge in [-0.1, -0.05) is 78.9 Å². The average Bonchev–Trinajstić information content (AvgIpc) is 2.96. The molecule has 0 saturated heterocycles. The third-order valence-electron chi connectivity index (χ3n) is 7.01. The third kappa shape index (κ3) is 3.12. The van der Waals surface area contributed by atoms with E-state index in [-0.39, 0.29) is 0 Å². The Morgan fingerprint density at radius 1 is 0.472 bits per heavy atom. The van der Waals surface area contributed by atoms with Crippen molar-refractivity contribution in [3.63, 3.8) is 0 Å². The van der Waals surface area contributed by atoms with Crippen molar-refractivity contribution in [2.45, 2.75) is 5.41 Å². The van der Waals surface area contributed by atoms with Crippen molar-refractivity contribution in [2.75, 3.05) is 4.90 Å². The largest absolute Gasteiger partial charge is 0.310 e. The summed E-state index contributed by atoms with van der Waals surface area (Å²) in [7, 11) is 0. The van der Waals surface area contributed by atoms with Crippen molar-refractivity contribution < 1.29 is 0 Å². The molecule has 0 bridgehead atoms. The zero-order valence-corrected chi connectivity index (χ0v) is 19.5. The molecule has 0 aromatic heterocycles. The number of anilines is 3. The second-order valence-electron chi connectivity index (χ2n) is 8.83. The zero-order valence-electron chi connectivity index (χ0n) is 19.5. The van der Waals surface area contributed by atoms with Gasteiger partial charge in [0.15, 0.2) is 0 Å². The first-order valence-electron chi connectivity index (χ1n) is 11.8. The molecule has 0 spiro atoms. The van der Waals surface area contributed by atoms with Gasteiger partial charge in [0.25, 0.3) is 0 Å². The molecule has 36 heavy (non-hydrogen) atoms. The van der Waals surface area contributed by atoms with Crippen LogP contribution in [0.1, 0.15) is 33.4 Å². The smallest absolute Gasteiger partial charge is 0.0991 e. The number of hydrogen-bond acceptors (Lipinski definition) is 3. The summed E-state index contributed by atoms with van der Waals surface area (Å²) in [5, 5.41) is 18.9. The summed E-state index contributed by atoms with van der Waals surface area (Å²) in [4.78, 5) is 2.32. The monoisotopic (exact) mass is 459 g/mol. The molecule has 0 amide bonds. The van der Waals surface area contributed by atoms with Gasteiger partial charge in [0.1, 0.15) is 0 Å². The van der Waals surface area contributed by atoms with E-state index in [2.05, 4.69) is 114 Å². The molecule has 6 rings (SSSR count). The predicted molar refractivity (Wildman–Crippen MR) is 142 cm³/mol. The highest BCUT2D eigenvalue weighted by atomic mass is 15.2. The van der Waals surface area contributed by atoms with Gasteiger partial charge in [-0.05, 0) is 70.8 Å². The van der Waals surface area contributed by atoms with Gasteiger partial charge < -0.3 is 4.90 Å². The minimum absolute atomic E-state index is 0.622. The van der Waals surface area contributed by atoms with Gasteiger partial charge in [-0.25, -0.2) is 0 Å². The highest BCUT2D eigenvalue weighted by Gasteiger charge is 2.46. The maximum atomic E-state index is 9.47. The first kappa shape index (κ1) is 21.4. The molecule has 0 unspecified atom stereocenters. The lowest BCUT2D eigenvalue weighted by molar-refractivity contribution is 0.731. The number of fused-ring (bicyclic) bond motifs is 2. The normalized spacial score (nSPS) is 13.1. The van der Waals surface area contributed by atoms with Crippen molar-refractivity contribution >= 4 is 17.1 Å². The lowest BCUT2D eigenvalue weighted by atomic mass is 9.62. The summed E-state index contributed by atoms with van der Waals surface area (Å²) in [6.07, 6.45) is 0. The van der Waals surface area contributed by atoms with Crippen LogP contribution in [0.25, 0.3) is 0 Å². The number of hydrogen-bond donors (Lipinski definition) is 0. The Bertz CT molecular complexity index is 1530. The molecule has 0 saturated carbocycles. The van der Waals surface area contributed by atoms with E-state index in [1.165, 1.54) is 0 Å². The van der Waals surface area contributed by atoms with Crippen LogP contribution in [0, 0.1) is 22.7 Å². The Kier molecular flexibility index (Phi) is 5.11. The second-order valence-corrected chi connectivity index (χ2v) is 8.83. The van der Waals surface area contributed by atoms with E-state index in [0.717, 1.165) is 39.3 Å². The van der Waals surface area contributed by atoms with Gasteiger partial charge in [-0.2, -0.15) is 10.5 Å². The maximum absolute atomic E-state index is 9.47. The van der Waals surface area contributed by atoms with E-state index < -0.39 is 5.41 Å². The molecule has 0 fully saturated rings. The van der Waals surface area contributed by atoms with Crippen LogP contribution >= 0.6 is 0 Å². The number of para-hydroxylation sites is 3. The molecule has 3 heteroatoms. The van der Waals surface area contributed by atoms with E-state index in [0.29, 0.717) is 11.1 Å². The SMILES string of the molecule is N#Cc1ccc(C2(c3ccc(C#N)cc3)c3ccccc3N(c3ccccc3)c3ccccc32)cc1. The van der Waals surface area contributed by atoms with Crippen LogP contribution in [0.2, 0.25) is 0 Å². The van der Waals surface area contributed by atoms with Crippen molar-refractivity contribution in [2.24, 2.45) is 0 Å². The molecule has 0 radical (unpaired) electrons. The molecule has 0 aliphatic carbocycles. The van der Waals surface area contributed by atoms with E-state index in [1.807, 2.05) is 30.3 Å². The van der Waals surface area contributed by atoms with Gasteiger partial charge in [0.2, 0.25) is 0 Å². The van der Waals surface area contributed by atoms with Gasteiger partial charge >= 0.3 is 0 Å².